The van der Waals surface area contributed by atoms with Crippen LogP contribution in [-0.4, -0.2) is 80.4 Å². The molecule has 2 atom stereocenters. The van der Waals surface area contributed by atoms with Crippen LogP contribution in [0.2, 0.25) is 0 Å². The van der Waals surface area contributed by atoms with E-state index < -0.39 is 11.9 Å². The molecular formula is C22H33N3O6. The van der Waals surface area contributed by atoms with E-state index in [1.807, 2.05) is 6.92 Å². The third-order valence-corrected chi connectivity index (χ3v) is 6.24. The summed E-state index contributed by atoms with van der Waals surface area (Å²) in [7, 11) is 0. The topological polar surface area (TPSA) is 116 Å². The van der Waals surface area contributed by atoms with E-state index in [1.54, 1.807) is 12.1 Å². The van der Waals surface area contributed by atoms with Gasteiger partial charge in [-0.15, -0.1) is 0 Å². The summed E-state index contributed by atoms with van der Waals surface area (Å²) < 4.78 is 22.5. The second-order valence-electron chi connectivity index (χ2n) is 8.65. The van der Waals surface area contributed by atoms with Gasteiger partial charge in [0.15, 0.2) is 17.3 Å². The molecule has 1 aromatic rings. The van der Waals surface area contributed by atoms with E-state index in [1.165, 1.54) is 0 Å². The van der Waals surface area contributed by atoms with Gasteiger partial charge in [-0.3, -0.25) is 4.79 Å². The third-order valence-electron chi connectivity index (χ3n) is 6.24. The number of hydrogen-bond acceptors (Lipinski definition) is 8. The summed E-state index contributed by atoms with van der Waals surface area (Å²) in [5.41, 5.74) is 6.72. The Labute approximate surface area is 182 Å². The summed E-state index contributed by atoms with van der Waals surface area (Å²) in [6.45, 7) is 6.91. The van der Waals surface area contributed by atoms with Crippen LogP contribution in [0, 0.1) is 5.92 Å². The maximum Gasteiger partial charge on any atom is 0.255 e. The van der Waals surface area contributed by atoms with Crippen LogP contribution in [0.25, 0.3) is 0 Å². The second-order valence-corrected chi connectivity index (χ2v) is 8.65. The Morgan fingerprint density at radius 3 is 2.81 bits per heavy atom. The van der Waals surface area contributed by atoms with Crippen LogP contribution in [0.15, 0.2) is 12.1 Å². The summed E-state index contributed by atoms with van der Waals surface area (Å²) in [6, 6.07) is 3.26. The van der Waals surface area contributed by atoms with Crippen LogP contribution in [0.1, 0.15) is 36.5 Å². The molecule has 3 aliphatic rings. The van der Waals surface area contributed by atoms with Gasteiger partial charge >= 0.3 is 0 Å². The first-order valence-electron chi connectivity index (χ1n) is 11.1. The van der Waals surface area contributed by atoms with Crippen LogP contribution < -0.4 is 20.5 Å². The third kappa shape index (κ3) is 5.41. The molecule has 1 amide bonds. The number of nitrogens with two attached hydrogens (primary N) is 1. The number of hydrogen-bond donors (Lipinski definition) is 3. The van der Waals surface area contributed by atoms with Gasteiger partial charge in [0.05, 0.1) is 24.9 Å². The molecule has 3 heterocycles. The monoisotopic (exact) mass is 435 g/mol. The molecule has 0 spiro atoms. The first-order valence-corrected chi connectivity index (χ1v) is 11.1. The maximum atomic E-state index is 12.8. The number of rotatable bonds is 7. The molecule has 9 heteroatoms. The van der Waals surface area contributed by atoms with Crippen LogP contribution >= 0.6 is 0 Å². The zero-order valence-corrected chi connectivity index (χ0v) is 18.1. The van der Waals surface area contributed by atoms with Crippen molar-refractivity contribution in [1.29, 1.82) is 0 Å². The minimum Gasteiger partial charge on any atom is -0.486 e. The highest BCUT2D eigenvalue weighted by atomic mass is 16.7. The van der Waals surface area contributed by atoms with E-state index in [-0.39, 0.29) is 11.8 Å². The SMILES string of the molecule is CC1(CCCN2CC[C@@H](CNC(=O)c3cc(N)cc4c3OCCO4)C(O)C2)OCCO1. The lowest BCUT2D eigenvalue weighted by Crippen LogP contribution is -2.48. The van der Waals surface area contributed by atoms with Crippen molar-refractivity contribution < 1.29 is 28.8 Å². The molecule has 1 aromatic carbocycles. The fourth-order valence-electron chi connectivity index (χ4n) is 4.47. The number of nitrogen functional groups attached to an aromatic ring is 1. The number of fused-ring (bicyclic) bond motifs is 1. The van der Waals surface area contributed by atoms with Crippen molar-refractivity contribution in [2.75, 3.05) is 58.3 Å². The van der Waals surface area contributed by atoms with Crippen molar-refractivity contribution in [3.63, 3.8) is 0 Å². The Balaban J connectivity index is 1.24. The number of nitrogens with one attached hydrogen (secondary N) is 1. The van der Waals surface area contributed by atoms with E-state index >= 15 is 0 Å². The van der Waals surface area contributed by atoms with Gasteiger partial charge in [0.25, 0.3) is 5.91 Å². The number of aliphatic hydroxyl groups excluding tert-OH is 1. The number of ether oxygens (including phenoxy) is 4. The number of nitrogens with zero attached hydrogens (tertiary/aromatic N) is 1. The molecule has 2 saturated heterocycles. The molecule has 0 aromatic heterocycles. The Bertz CT molecular complexity index is 783. The summed E-state index contributed by atoms with van der Waals surface area (Å²) in [5, 5.41) is 13.5. The fraction of sp³-hybridized carbons (Fsp3) is 0.682. The number of piperidine rings is 1. The summed E-state index contributed by atoms with van der Waals surface area (Å²) in [5.74, 6) is 0.196. The average molecular weight is 436 g/mol. The Morgan fingerprint density at radius 2 is 2.03 bits per heavy atom. The van der Waals surface area contributed by atoms with Crippen molar-refractivity contribution in [1.82, 2.24) is 10.2 Å². The zero-order valence-electron chi connectivity index (χ0n) is 18.1. The van der Waals surface area contributed by atoms with Gasteiger partial charge < -0.3 is 40.0 Å². The normalized spacial score (nSPS) is 25.4. The Morgan fingerprint density at radius 1 is 1.26 bits per heavy atom. The minimum atomic E-state index is -0.488. The molecule has 3 aliphatic heterocycles. The van der Waals surface area contributed by atoms with Crippen molar-refractivity contribution in [2.24, 2.45) is 5.92 Å². The second kappa shape index (κ2) is 9.60. The number of aliphatic hydroxyl groups is 1. The summed E-state index contributed by atoms with van der Waals surface area (Å²) >= 11 is 0. The van der Waals surface area contributed by atoms with Gasteiger partial charge in [-0.2, -0.15) is 0 Å². The molecule has 172 valence electrons. The average Bonchev–Trinajstić information content (AvgIpc) is 3.18. The first-order chi connectivity index (χ1) is 14.9. The molecule has 4 N–H and O–H groups in total. The predicted octanol–water partition coefficient (Wildman–Crippen LogP) is 0.996. The van der Waals surface area contributed by atoms with Crippen molar-refractivity contribution in [3.05, 3.63) is 17.7 Å². The van der Waals surface area contributed by atoms with Crippen molar-refractivity contribution in [2.45, 2.75) is 38.1 Å². The maximum absolute atomic E-state index is 12.8. The van der Waals surface area contributed by atoms with Crippen LogP contribution in [0.4, 0.5) is 5.69 Å². The Kier molecular flexibility index (Phi) is 6.86. The standard InChI is InChI=1S/C22H33N3O6/c1-22(30-9-10-31-22)4-2-5-25-6-3-15(18(26)14-25)13-24-21(27)17-11-16(23)12-19-20(17)29-8-7-28-19/h11-12,15,18,26H,2-10,13-14,23H2,1H3,(H,24,27)/t15-,18?/m0/s1. The van der Waals surface area contributed by atoms with Crippen LogP contribution in [0.3, 0.4) is 0 Å². The fourth-order valence-corrected chi connectivity index (χ4v) is 4.47. The molecule has 4 rings (SSSR count). The number of carbonyl (C=O) groups is 1. The molecule has 9 nitrogen and oxygen atoms in total. The largest absolute Gasteiger partial charge is 0.486 e. The van der Waals surface area contributed by atoms with Gasteiger partial charge in [0.1, 0.15) is 13.2 Å². The smallest absolute Gasteiger partial charge is 0.255 e. The predicted molar refractivity (Wildman–Crippen MR) is 114 cm³/mol. The molecule has 0 saturated carbocycles. The number of anilines is 1. The van der Waals surface area contributed by atoms with E-state index in [0.717, 1.165) is 32.4 Å². The number of amides is 1. The molecule has 2 fully saturated rings. The number of β-amino-alcohol motifs (C(OH)–C–C–N with tert-alkyl or cyclic N) is 1. The number of likely N-dealkylation sites (tertiary alicyclic amines) is 1. The first kappa shape index (κ1) is 22.1. The van der Waals surface area contributed by atoms with E-state index in [0.29, 0.717) is 62.3 Å². The number of carbonyl (C=O) groups excluding carboxylic acids is 1. The van der Waals surface area contributed by atoms with Gasteiger partial charge in [0, 0.05) is 37.2 Å². The van der Waals surface area contributed by atoms with Crippen LogP contribution in [0.5, 0.6) is 11.5 Å². The molecule has 0 aliphatic carbocycles. The van der Waals surface area contributed by atoms with E-state index in [9.17, 15) is 9.90 Å². The highest BCUT2D eigenvalue weighted by Crippen LogP contribution is 2.36. The quantitative estimate of drug-likeness (QED) is 0.543. The molecular weight excluding hydrogens is 402 g/mol. The molecule has 31 heavy (non-hydrogen) atoms. The van der Waals surface area contributed by atoms with Crippen molar-refractivity contribution in [3.8, 4) is 11.5 Å². The van der Waals surface area contributed by atoms with Crippen LogP contribution in [-0.2, 0) is 9.47 Å². The minimum absolute atomic E-state index is 0.00766. The lowest BCUT2D eigenvalue weighted by atomic mass is 9.93. The van der Waals surface area contributed by atoms with Gasteiger partial charge in [-0.05, 0) is 38.9 Å². The van der Waals surface area contributed by atoms with Crippen molar-refractivity contribution >= 4 is 11.6 Å². The van der Waals surface area contributed by atoms with Gasteiger partial charge in [0.2, 0.25) is 0 Å². The molecule has 0 radical (unpaired) electrons. The number of benzene rings is 1. The lowest BCUT2D eigenvalue weighted by molar-refractivity contribution is -0.148. The summed E-state index contributed by atoms with van der Waals surface area (Å²) in [6.07, 6.45) is 2.13. The highest BCUT2D eigenvalue weighted by Gasteiger charge is 2.32. The van der Waals surface area contributed by atoms with Gasteiger partial charge in [-0.1, -0.05) is 0 Å². The van der Waals surface area contributed by atoms with Gasteiger partial charge in [-0.25, -0.2) is 0 Å². The van der Waals surface area contributed by atoms with E-state index in [2.05, 4.69) is 10.2 Å². The zero-order chi connectivity index (χ0) is 21.8. The summed E-state index contributed by atoms with van der Waals surface area (Å²) in [4.78, 5) is 15.0. The van der Waals surface area contributed by atoms with E-state index in [4.69, 9.17) is 24.7 Å². The molecule has 0 bridgehead atoms. The lowest BCUT2D eigenvalue weighted by Gasteiger charge is -2.36. The Hall–Kier alpha value is -2.07. The molecule has 1 unspecified atom stereocenters. The highest BCUT2D eigenvalue weighted by molar-refractivity contribution is 5.99.